The summed E-state index contributed by atoms with van der Waals surface area (Å²) in [6.45, 7) is 1.79. The number of anilines is 1. The van der Waals surface area contributed by atoms with Gasteiger partial charge in [-0.05, 0) is 49.4 Å². The van der Waals surface area contributed by atoms with Gasteiger partial charge < -0.3 is 10.1 Å². The molecule has 0 spiro atoms. The molecule has 0 saturated heterocycles. The molecule has 6 nitrogen and oxygen atoms in total. The van der Waals surface area contributed by atoms with E-state index in [1.165, 1.54) is 25.3 Å². The van der Waals surface area contributed by atoms with Gasteiger partial charge in [-0.3, -0.25) is 9.59 Å². The van der Waals surface area contributed by atoms with Crippen molar-refractivity contribution in [3.63, 3.8) is 0 Å². The molecule has 148 valence electrons. The van der Waals surface area contributed by atoms with Crippen LogP contribution >= 0.6 is 11.6 Å². The van der Waals surface area contributed by atoms with Gasteiger partial charge in [0.2, 0.25) is 5.91 Å². The van der Waals surface area contributed by atoms with Gasteiger partial charge in [0.1, 0.15) is 5.82 Å². The van der Waals surface area contributed by atoms with E-state index < -0.39 is 11.7 Å². The first kappa shape index (κ1) is 19.1. The minimum absolute atomic E-state index is 0.0152. The Morgan fingerprint density at radius 1 is 1.28 bits per heavy atom. The zero-order chi connectivity index (χ0) is 20.7. The van der Waals surface area contributed by atoms with Gasteiger partial charge in [0.25, 0.3) is 0 Å². The number of hydrogen-bond donors (Lipinski definition) is 1. The molecule has 1 aliphatic rings. The van der Waals surface area contributed by atoms with Gasteiger partial charge in [-0.1, -0.05) is 11.6 Å². The number of rotatable bonds is 4. The fourth-order valence-electron chi connectivity index (χ4n) is 3.55. The number of Topliss-reactive ketones (excluding diaryl/α,β-unsaturated/α-hetero) is 1. The van der Waals surface area contributed by atoms with Crippen LogP contribution in [-0.4, -0.2) is 28.6 Å². The fraction of sp³-hybridized carbons (Fsp3) is 0.190. The minimum Gasteiger partial charge on any atom is -0.494 e. The predicted octanol–water partition coefficient (Wildman–Crippen LogP) is 4.29. The van der Waals surface area contributed by atoms with E-state index in [0.717, 1.165) is 0 Å². The molecule has 1 N–H and O–H groups in total. The molecule has 1 amide bonds. The molecule has 2 aromatic carbocycles. The van der Waals surface area contributed by atoms with Crippen molar-refractivity contribution in [2.75, 3.05) is 12.4 Å². The van der Waals surface area contributed by atoms with Crippen LogP contribution in [0.3, 0.4) is 0 Å². The lowest BCUT2D eigenvalue weighted by atomic mass is 9.85. The number of ketones is 1. The van der Waals surface area contributed by atoms with Crippen LogP contribution < -0.4 is 10.1 Å². The van der Waals surface area contributed by atoms with Crippen LogP contribution in [0.1, 0.15) is 34.0 Å². The summed E-state index contributed by atoms with van der Waals surface area (Å²) in [6.07, 6.45) is -0.0152. The number of ether oxygens (including phenoxy) is 1. The van der Waals surface area contributed by atoms with E-state index in [9.17, 15) is 14.0 Å². The molecule has 4 rings (SSSR count). The van der Waals surface area contributed by atoms with Crippen LogP contribution in [0.15, 0.2) is 42.5 Å². The summed E-state index contributed by atoms with van der Waals surface area (Å²) in [5.41, 5.74) is 2.25. The summed E-state index contributed by atoms with van der Waals surface area (Å²) in [4.78, 5) is 25.6. The summed E-state index contributed by atoms with van der Waals surface area (Å²) in [7, 11) is 1.33. The second-order valence-corrected chi connectivity index (χ2v) is 7.19. The van der Waals surface area contributed by atoms with Crippen LogP contribution in [0.25, 0.3) is 5.69 Å². The molecule has 0 saturated carbocycles. The second-order valence-electron chi connectivity index (χ2n) is 6.75. The van der Waals surface area contributed by atoms with Gasteiger partial charge in [0, 0.05) is 22.6 Å². The van der Waals surface area contributed by atoms with Crippen LogP contribution in [0, 0.1) is 12.7 Å². The van der Waals surface area contributed by atoms with E-state index in [0.29, 0.717) is 27.8 Å². The van der Waals surface area contributed by atoms with Gasteiger partial charge in [0.15, 0.2) is 17.3 Å². The molecule has 0 radical (unpaired) electrons. The Bertz CT molecular complexity index is 1120. The number of amides is 1. The van der Waals surface area contributed by atoms with Gasteiger partial charge in [0.05, 0.1) is 24.4 Å². The predicted molar refractivity (Wildman–Crippen MR) is 107 cm³/mol. The summed E-state index contributed by atoms with van der Waals surface area (Å²) < 4.78 is 20.3. The number of carbonyl (C=O) groups is 2. The van der Waals surface area contributed by atoms with Crippen LogP contribution in [-0.2, 0) is 4.79 Å². The van der Waals surface area contributed by atoms with Crippen LogP contribution in [0.4, 0.5) is 10.2 Å². The summed E-state index contributed by atoms with van der Waals surface area (Å²) >= 11 is 5.96. The molecule has 0 aliphatic carbocycles. The van der Waals surface area contributed by atoms with Gasteiger partial charge >= 0.3 is 0 Å². The van der Waals surface area contributed by atoms with Crippen molar-refractivity contribution in [2.45, 2.75) is 19.3 Å². The minimum atomic E-state index is -0.727. The van der Waals surface area contributed by atoms with Crippen molar-refractivity contribution in [3.05, 3.63) is 70.1 Å². The number of aromatic nitrogens is 2. The smallest absolute Gasteiger partial charge is 0.226 e. The van der Waals surface area contributed by atoms with Crippen molar-refractivity contribution in [1.82, 2.24) is 9.78 Å². The Balaban J connectivity index is 1.80. The van der Waals surface area contributed by atoms with E-state index in [1.54, 1.807) is 35.9 Å². The number of carbonyl (C=O) groups excluding carboxylic acids is 2. The highest BCUT2D eigenvalue weighted by Gasteiger charge is 2.36. The Kier molecular flexibility index (Phi) is 4.84. The number of fused-ring (bicyclic) bond motifs is 1. The van der Waals surface area contributed by atoms with Crippen molar-refractivity contribution in [2.24, 2.45) is 0 Å². The monoisotopic (exact) mass is 413 g/mol. The third kappa shape index (κ3) is 3.38. The molecule has 1 aromatic heterocycles. The Labute approximate surface area is 171 Å². The Morgan fingerprint density at radius 3 is 2.69 bits per heavy atom. The third-order valence-electron chi connectivity index (χ3n) is 4.93. The number of nitrogens with one attached hydrogen (secondary N) is 1. The van der Waals surface area contributed by atoms with Crippen molar-refractivity contribution in [3.8, 4) is 11.4 Å². The first-order valence-electron chi connectivity index (χ1n) is 8.92. The molecular weight excluding hydrogens is 397 g/mol. The summed E-state index contributed by atoms with van der Waals surface area (Å²) in [5.74, 6) is -1.44. The lowest BCUT2D eigenvalue weighted by Gasteiger charge is -2.23. The number of halogens is 2. The van der Waals surface area contributed by atoms with Gasteiger partial charge in [-0.15, -0.1) is 0 Å². The Morgan fingerprint density at radius 2 is 2.00 bits per heavy atom. The second kappa shape index (κ2) is 7.33. The maximum absolute atomic E-state index is 13.7. The number of nitrogens with zero attached hydrogens (tertiary/aromatic N) is 2. The quantitative estimate of drug-likeness (QED) is 0.647. The molecule has 29 heavy (non-hydrogen) atoms. The summed E-state index contributed by atoms with van der Waals surface area (Å²) in [5, 5.41) is 7.92. The van der Waals surface area contributed by atoms with Crippen LogP contribution in [0.2, 0.25) is 5.02 Å². The summed E-state index contributed by atoms with van der Waals surface area (Å²) in [6, 6.07) is 10.9. The maximum atomic E-state index is 13.7. The van der Waals surface area contributed by atoms with E-state index in [4.69, 9.17) is 16.3 Å². The fourth-order valence-corrected chi connectivity index (χ4v) is 3.68. The standard InChI is InChI=1S/C21H17ClFN3O3/c1-11-19-15(20(28)12-3-8-16(23)17(9-12)29-2)10-18(27)24-21(19)26(25-11)14-6-4-13(22)5-7-14/h3-9,15H,10H2,1-2H3,(H,24,27)/t15-/m1/s1. The van der Waals surface area contributed by atoms with E-state index in [-0.39, 0.29) is 29.4 Å². The largest absolute Gasteiger partial charge is 0.494 e. The lowest BCUT2D eigenvalue weighted by molar-refractivity contribution is -0.116. The van der Waals surface area contributed by atoms with Gasteiger partial charge in [-0.2, -0.15) is 5.10 Å². The Hall–Kier alpha value is -3.19. The van der Waals surface area contributed by atoms with Crippen LogP contribution in [0.5, 0.6) is 5.75 Å². The lowest BCUT2D eigenvalue weighted by Crippen LogP contribution is -2.28. The van der Waals surface area contributed by atoms with Gasteiger partial charge in [-0.25, -0.2) is 9.07 Å². The SMILES string of the molecule is COc1cc(C(=O)[C@@H]2CC(=O)Nc3c2c(C)nn3-c2ccc(Cl)cc2)ccc1F. The third-order valence-corrected chi connectivity index (χ3v) is 5.18. The first-order chi connectivity index (χ1) is 13.9. The molecule has 0 fully saturated rings. The highest BCUT2D eigenvalue weighted by atomic mass is 35.5. The molecule has 8 heteroatoms. The molecule has 0 bridgehead atoms. The molecule has 1 aliphatic heterocycles. The number of methoxy groups -OCH3 is 1. The molecule has 0 unspecified atom stereocenters. The van der Waals surface area contributed by atoms with Crippen molar-refractivity contribution in [1.29, 1.82) is 0 Å². The number of benzene rings is 2. The van der Waals surface area contributed by atoms with Crippen molar-refractivity contribution >= 4 is 29.1 Å². The molecule has 2 heterocycles. The number of aryl methyl sites for hydroxylation is 1. The average Bonchev–Trinajstić information content (AvgIpc) is 3.04. The van der Waals surface area contributed by atoms with E-state index in [2.05, 4.69) is 10.4 Å². The molecule has 3 aromatic rings. The number of hydrogen-bond acceptors (Lipinski definition) is 4. The maximum Gasteiger partial charge on any atom is 0.226 e. The highest BCUT2D eigenvalue weighted by Crippen LogP contribution is 2.38. The average molecular weight is 414 g/mol. The van der Waals surface area contributed by atoms with E-state index >= 15 is 0 Å². The molecule has 1 atom stereocenters. The topological polar surface area (TPSA) is 73.2 Å². The zero-order valence-corrected chi connectivity index (χ0v) is 16.5. The molecular formula is C21H17ClFN3O3. The van der Waals surface area contributed by atoms with Crippen molar-refractivity contribution < 1.29 is 18.7 Å². The van der Waals surface area contributed by atoms with E-state index in [1.807, 2.05) is 0 Å². The normalized spacial score (nSPS) is 15.6. The highest BCUT2D eigenvalue weighted by molar-refractivity contribution is 6.30. The first-order valence-corrected chi connectivity index (χ1v) is 9.30. The zero-order valence-electron chi connectivity index (χ0n) is 15.7.